The number of hydrogen-bond donors (Lipinski definition) is 1. The molecule has 0 fully saturated rings. The van der Waals surface area contributed by atoms with E-state index in [1.807, 2.05) is 6.92 Å². The lowest BCUT2D eigenvalue weighted by molar-refractivity contribution is -0.123. The van der Waals surface area contributed by atoms with Crippen molar-refractivity contribution in [2.75, 3.05) is 13.2 Å². The van der Waals surface area contributed by atoms with E-state index in [9.17, 15) is 13.2 Å². The van der Waals surface area contributed by atoms with Gasteiger partial charge in [-0.05, 0) is 43.5 Å². The highest BCUT2D eigenvalue weighted by Crippen LogP contribution is 2.28. The normalized spacial score (nSPS) is 11.2. The lowest BCUT2D eigenvalue weighted by Gasteiger charge is -2.11. The Hall–Kier alpha value is -1.27. The van der Waals surface area contributed by atoms with Crippen molar-refractivity contribution in [2.45, 2.75) is 38.5 Å². The number of carbonyl (C=O) groups is 1. The second-order valence-electron chi connectivity index (χ2n) is 4.82. The van der Waals surface area contributed by atoms with E-state index in [0.717, 1.165) is 12.8 Å². The van der Waals surface area contributed by atoms with Gasteiger partial charge < -0.3 is 10.1 Å². The van der Waals surface area contributed by atoms with Crippen LogP contribution in [0, 0.1) is 13.8 Å². The van der Waals surface area contributed by atoms with Crippen LogP contribution < -0.4 is 10.1 Å². The van der Waals surface area contributed by atoms with E-state index < -0.39 is 9.05 Å². The van der Waals surface area contributed by atoms with E-state index >= 15 is 0 Å². The molecule has 0 bridgehead atoms. The summed E-state index contributed by atoms with van der Waals surface area (Å²) in [5.74, 6) is 0.243. The van der Waals surface area contributed by atoms with Crippen LogP contribution in [0.2, 0.25) is 0 Å². The van der Waals surface area contributed by atoms with Gasteiger partial charge >= 0.3 is 0 Å². The Kier molecular flexibility index (Phi) is 6.48. The summed E-state index contributed by atoms with van der Waals surface area (Å²) in [5, 5.41) is 2.74. The Morgan fingerprint density at radius 2 is 1.86 bits per heavy atom. The van der Waals surface area contributed by atoms with Crippen LogP contribution in [0.15, 0.2) is 17.0 Å². The minimum Gasteiger partial charge on any atom is -0.484 e. The fraction of sp³-hybridized carbons (Fsp3) is 0.500. The number of ether oxygens (including phenoxy) is 1. The molecule has 1 amide bonds. The lowest BCUT2D eigenvalue weighted by Crippen LogP contribution is -2.29. The molecule has 1 N–H and O–H groups in total. The molecule has 0 spiro atoms. The van der Waals surface area contributed by atoms with Crippen molar-refractivity contribution in [1.82, 2.24) is 5.32 Å². The van der Waals surface area contributed by atoms with E-state index in [1.54, 1.807) is 26.0 Å². The smallest absolute Gasteiger partial charge is 0.261 e. The number of halogens is 1. The van der Waals surface area contributed by atoms with E-state index in [2.05, 4.69) is 5.32 Å². The molecule has 5 nitrogen and oxygen atoms in total. The lowest BCUT2D eigenvalue weighted by atomic mass is 10.1. The van der Waals surface area contributed by atoms with Crippen molar-refractivity contribution in [3.05, 3.63) is 23.3 Å². The molecule has 118 valence electrons. The zero-order chi connectivity index (χ0) is 16.0. The summed E-state index contributed by atoms with van der Waals surface area (Å²) in [4.78, 5) is 11.6. The molecule has 1 aromatic rings. The topological polar surface area (TPSA) is 72.5 Å². The van der Waals surface area contributed by atoms with Crippen molar-refractivity contribution in [1.29, 1.82) is 0 Å². The first-order chi connectivity index (χ1) is 9.75. The van der Waals surface area contributed by atoms with Crippen molar-refractivity contribution >= 4 is 25.6 Å². The molecule has 0 radical (unpaired) electrons. The second-order valence-corrected chi connectivity index (χ2v) is 7.32. The largest absolute Gasteiger partial charge is 0.484 e. The number of benzene rings is 1. The number of nitrogens with one attached hydrogen (secondary N) is 1. The number of aryl methyl sites for hydroxylation is 2. The maximum absolute atomic E-state index is 11.5. The average Bonchev–Trinajstić information content (AvgIpc) is 2.34. The molecule has 21 heavy (non-hydrogen) atoms. The van der Waals surface area contributed by atoms with E-state index in [1.165, 1.54) is 0 Å². The first kappa shape index (κ1) is 17.8. The standard InChI is InChI=1S/C14H20ClNO4S/c1-4-5-6-16-13(17)9-20-12-7-10(2)14(11(3)8-12)21(15,18)19/h7-8H,4-6,9H2,1-3H3,(H,16,17). The number of rotatable bonds is 7. The number of unbranched alkanes of at least 4 members (excludes halogenated alkanes) is 1. The van der Waals surface area contributed by atoms with Crippen LogP contribution >= 0.6 is 10.7 Å². The molecule has 1 aromatic carbocycles. The van der Waals surface area contributed by atoms with Crippen molar-refractivity contribution in [3.8, 4) is 5.75 Å². The van der Waals surface area contributed by atoms with Crippen LogP contribution in [0.1, 0.15) is 30.9 Å². The Morgan fingerprint density at radius 3 is 2.33 bits per heavy atom. The Balaban J connectivity index is 2.72. The third-order valence-corrected chi connectivity index (χ3v) is 4.49. The van der Waals surface area contributed by atoms with Gasteiger partial charge in [0.15, 0.2) is 6.61 Å². The first-order valence-corrected chi connectivity index (χ1v) is 9.02. The summed E-state index contributed by atoms with van der Waals surface area (Å²) >= 11 is 0. The van der Waals surface area contributed by atoms with Crippen molar-refractivity contribution < 1.29 is 17.9 Å². The molecular weight excluding hydrogens is 314 g/mol. The third-order valence-electron chi connectivity index (χ3n) is 2.90. The Labute approximate surface area is 130 Å². The van der Waals surface area contributed by atoms with E-state index in [4.69, 9.17) is 15.4 Å². The van der Waals surface area contributed by atoms with Gasteiger partial charge in [-0.15, -0.1) is 0 Å². The van der Waals surface area contributed by atoms with Gasteiger partial charge in [0, 0.05) is 17.2 Å². The van der Waals surface area contributed by atoms with Gasteiger partial charge in [-0.1, -0.05) is 13.3 Å². The number of carbonyl (C=O) groups excluding carboxylic acids is 1. The predicted octanol–water partition coefficient (Wildman–Crippen LogP) is 2.53. The van der Waals surface area contributed by atoms with Gasteiger partial charge in [-0.3, -0.25) is 4.79 Å². The SMILES string of the molecule is CCCCNC(=O)COc1cc(C)c(S(=O)(=O)Cl)c(C)c1. The van der Waals surface area contributed by atoms with Crippen LogP contribution in [0.5, 0.6) is 5.75 Å². The zero-order valence-electron chi connectivity index (χ0n) is 12.4. The molecule has 0 aliphatic rings. The highest BCUT2D eigenvalue weighted by molar-refractivity contribution is 8.13. The molecule has 0 heterocycles. The molecule has 0 aromatic heterocycles. The van der Waals surface area contributed by atoms with Gasteiger partial charge in [-0.25, -0.2) is 8.42 Å². The minimum atomic E-state index is -3.79. The molecule has 7 heteroatoms. The van der Waals surface area contributed by atoms with Crippen molar-refractivity contribution in [2.24, 2.45) is 0 Å². The van der Waals surface area contributed by atoms with Crippen LogP contribution in [0.4, 0.5) is 0 Å². The van der Waals surface area contributed by atoms with Gasteiger partial charge in [0.1, 0.15) is 5.75 Å². The van der Waals surface area contributed by atoms with Crippen LogP contribution in [0.3, 0.4) is 0 Å². The van der Waals surface area contributed by atoms with Gasteiger partial charge in [0.25, 0.3) is 15.0 Å². The molecule has 0 saturated carbocycles. The summed E-state index contributed by atoms with van der Waals surface area (Å²) in [6.07, 6.45) is 1.93. The molecular formula is C14H20ClNO4S. The molecule has 0 atom stereocenters. The summed E-state index contributed by atoms with van der Waals surface area (Å²) in [5.41, 5.74) is 0.984. The van der Waals surface area contributed by atoms with E-state index in [-0.39, 0.29) is 17.4 Å². The number of hydrogen-bond acceptors (Lipinski definition) is 4. The summed E-state index contributed by atoms with van der Waals surface area (Å²) in [7, 11) is 1.60. The highest BCUT2D eigenvalue weighted by Gasteiger charge is 2.18. The predicted molar refractivity (Wildman–Crippen MR) is 82.4 cm³/mol. The monoisotopic (exact) mass is 333 g/mol. The highest BCUT2D eigenvalue weighted by atomic mass is 35.7. The summed E-state index contributed by atoms with van der Waals surface area (Å²) < 4.78 is 28.3. The fourth-order valence-corrected chi connectivity index (χ4v) is 3.60. The second kappa shape index (κ2) is 7.66. The Morgan fingerprint density at radius 1 is 1.29 bits per heavy atom. The summed E-state index contributed by atoms with van der Waals surface area (Å²) in [6, 6.07) is 3.11. The summed E-state index contributed by atoms with van der Waals surface area (Å²) in [6.45, 7) is 5.84. The minimum absolute atomic E-state index is 0.0870. The molecule has 0 aliphatic heterocycles. The average molecular weight is 334 g/mol. The van der Waals surface area contributed by atoms with E-state index in [0.29, 0.717) is 23.4 Å². The van der Waals surface area contributed by atoms with Crippen LogP contribution in [-0.4, -0.2) is 27.5 Å². The maximum atomic E-state index is 11.5. The molecule has 0 unspecified atom stereocenters. The first-order valence-electron chi connectivity index (χ1n) is 6.71. The maximum Gasteiger partial charge on any atom is 0.261 e. The van der Waals surface area contributed by atoms with Gasteiger partial charge in [0.05, 0.1) is 4.90 Å². The van der Waals surface area contributed by atoms with Gasteiger partial charge in [-0.2, -0.15) is 0 Å². The van der Waals surface area contributed by atoms with Crippen LogP contribution in [0.25, 0.3) is 0 Å². The quantitative estimate of drug-likeness (QED) is 0.614. The Bertz CT molecular complexity index is 590. The van der Waals surface area contributed by atoms with Crippen LogP contribution in [-0.2, 0) is 13.8 Å². The molecule has 0 aliphatic carbocycles. The number of amides is 1. The zero-order valence-corrected chi connectivity index (χ0v) is 14.0. The fourth-order valence-electron chi connectivity index (χ4n) is 1.98. The third kappa shape index (κ3) is 5.55. The molecule has 1 rings (SSSR count). The van der Waals surface area contributed by atoms with Crippen molar-refractivity contribution in [3.63, 3.8) is 0 Å². The van der Waals surface area contributed by atoms with Gasteiger partial charge in [0.2, 0.25) is 0 Å². The molecule has 0 saturated heterocycles.